The number of nitrogens with zero attached hydrogens (tertiary/aromatic N) is 3. The van der Waals surface area contributed by atoms with E-state index in [1.54, 1.807) is 26.9 Å². The largest absolute Gasteiger partial charge is 0.396 e. The second kappa shape index (κ2) is 11.5. The van der Waals surface area contributed by atoms with Crippen LogP contribution < -0.4 is 0 Å². The molecule has 1 aromatic rings. The van der Waals surface area contributed by atoms with Crippen LogP contribution in [-0.4, -0.2) is 86.6 Å². The molecule has 1 spiro atoms. The second-order valence-corrected chi connectivity index (χ2v) is 12.3. The zero-order chi connectivity index (χ0) is 29.3. The van der Waals surface area contributed by atoms with Crippen LogP contribution >= 0.6 is 0 Å². The van der Waals surface area contributed by atoms with Crippen molar-refractivity contribution in [1.82, 2.24) is 14.7 Å². The van der Waals surface area contributed by atoms with E-state index in [2.05, 4.69) is 13.2 Å². The van der Waals surface area contributed by atoms with Crippen molar-refractivity contribution >= 4 is 17.7 Å². The van der Waals surface area contributed by atoms with Gasteiger partial charge in [-0.2, -0.15) is 0 Å². The number of amides is 3. The molecule has 4 rings (SSSR count). The van der Waals surface area contributed by atoms with Crippen LogP contribution in [0.25, 0.3) is 0 Å². The van der Waals surface area contributed by atoms with Gasteiger partial charge in [-0.3, -0.25) is 14.4 Å². The van der Waals surface area contributed by atoms with E-state index in [9.17, 15) is 19.5 Å². The molecule has 218 valence electrons. The van der Waals surface area contributed by atoms with E-state index in [4.69, 9.17) is 4.74 Å². The predicted molar refractivity (Wildman–Crippen MR) is 154 cm³/mol. The quantitative estimate of drug-likeness (QED) is 0.402. The summed E-state index contributed by atoms with van der Waals surface area (Å²) in [4.78, 5) is 48.3. The van der Waals surface area contributed by atoms with Crippen LogP contribution in [0.15, 0.2) is 55.6 Å². The monoisotopic (exact) mass is 551 g/mol. The average Bonchev–Trinajstić information content (AvgIpc) is 3.53. The molecule has 3 fully saturated rings. The van der Waals surface area contributed by atoms with Gasteiger partial charge in [-0.15, -0.1) is 13.2 Å². The molecular formula is C32H45N3O5. The molecule has 3 amide bonds. The first-order valence-corrected chi connectivity index (χ1v) is 14.5. The highest BCUT2D eigenvalue weighted by molar-refractivity contribution is 5.99. The highest BCUT2D eigenvalue weighted by Crippen LogP contribution is 2.64. The second-order valence-electron chi connectivity index (χ2n) is 12.3. The van der Waals surface area contributed by atoms with Gasteiger partial charge in [-0.1, -0.05) is 49.4 Å². The highest BCUT2D eigenvalue weighted by Gasteiger charge is 2.79. The summed E-state index contributed by atoms with van der Waals surface area (Å²) in [7, 11) is 0. The zero-order valence-electron chi connectivity index (χ0n) is 24.5. The third kappa shape index (κ3) is 4.90. The summed E-state index contributed by atoms with van der Waals surface area (Å²) in [6.07, 6.45) is 5.43. The number of aliphatic hydroxyl groups is 1. The van der Waals surface area contributed by atoms with Crippen LogP contribution in [0.3, 0.4) is 0 Å². The number of benzene rings is 1. The molecule has 2 unspecified atom stereocenters. The Hall–Kier alpha value is -2.97. The van der Waals surface area contributed by atoms with Crippen molar-refractivity contribution in [2.75, 3.05) is 26.2 Å². The number of carbonyl (C=O) groups excluding carboxylic acids is 3. The molecule has 3 heterocycles. The highest BCUT2D eigenvalue weighted by atomic mass is 16.5. The van der Waals surface area contributed by atoms with Crippen molar-refractivity contribution in [2.45, 2.75) is 82.7 Å². The molecule has 1 aromatic carbocycles. The van der Waals surface area contributed by atoms with Gasteiger partial charge in [-0.05, 0) is 52.0 Å². The molecule has 5 atom stereocenters. The normalized spacial score (nSPS) is 28.9. The summed E-state index contributed by atoms with van der Waals surface area (Å²) in [5.41, 5.74) is -1.45. The Morgan fingerprint density at radius 2 is 1.80 bits per heavy atom. The molecule has 3 aliphatic heterocycles. The smallest absolute Gasteiger partial charge is 0.249 e. The Labute approximate surface area is 238 Å². The molecule has 2 bridgehead atoms. The van der Waals surface area contributed by atoms with Crippen molar-refractivity contribution in [3.05, 3.63) is 61.2 Å². The maximum Gasteiger partial charge on any atom is 0.249 e. The lowest BCUT2D eigenvalue weighted by Gasteiger charge is -2.42. The Bertz CT molecular complexity index is 1130. The summed E-state index contributed by atoms with van der Waals surface area (Å²) in [6.45, 7) is 16.8. The average molecular weight is 552 g/mol. The van der Waals surface area contributed by atoms with E-state index in [-0.39, 0.29) is 30.9 Å². The van der Waals surface area contributed by atoms with E-state index in [0.717, 1.165) is 5.56 Å². The fourth-order valence-electron chi connectivity index (χ4n) is 7.21. The van der Waals surface area contributed by atoms with Gasteiger partial charge < -0.3 is 24.5 Å². The first-order chi connectivity index (χ1) is 19.0. The first kappa shape index (κ1) is 30.0. The molecular weight excluding hydrogens is 506 g/mol. The summed E-state index contributed by atoms with van der Waals surface area (Å²) in [5.74, 6) is -2.05. The topological polar surface area (TPSA) is 90.4 Å². The van der Waals surface area contributed by atoms with Crippen LogP contribution in [0.5, 0.6) is 0 Å². The summed E-state index contributed by atoms with van der Waals surface area (Å²) in [5, 5.41) is 9.64. The van der Waals surface area contributed by atoms with Gasteiger partial charge in [0, 0.05) is 38.3 Å². The lowest BCUT2D eigenvalue weighted by Crippen LogP contribution is -2.60. The fraction of sp³-hybridized carbons (Fsp3) is 0.594. The SMILES string of the molecule is C=CCN(Cc1ccccc1)C(=O)[C@H]1[C@H]2C(=O)N(CCCO)C(C(=O)N(CC=C)C(C)(C)C)C23CC[C@]1(CC)O3. The minimum Gasteiger partial charge on any atom is -0.396 e. The zero-order valence-corrected chi connectivity index (χ0v) is 24.5. The number of aliphatic hydroxyl groups excluding tert-OH is 1. The summed E-state index contributed by atoms with van der Waals surface area (Å²) in [6, 6.07) is 8.90. The summed E-state index contributed by atoms with van der Waals surface area (Å²) >= 11 is 0. The maximum atomic E-state index is 14.5. The van der Waals surface area contributed by atoms with Gasteiger partial charge in [0.1, 0.15) is 11.6 Å². The number of fused-ring (bicyclic) bond motifs is 1. The van der Waals surface area contributed by atoms with Crippen molar-refractivity contribution in [3.8, 4) is 0 Å². The maximum absolute atomic E-state index is 14.5. The standard InChI is InChI=1S/C32H45N3O5/c1-7-18-33(22-23-14-11-10-12-15-23)27(37)24-25-28(38)34(20-13-21-36)26(29(39)35(19-8-2)30(4,5)6)32(25)17-16-31(24,9-3)40-32/h7-8,10-12,14-15,24-26,36H,1-2,9,13,16-22H2,3-6H3/t24-,25+,26?,31+,32?/m1/s1. The van der Waals surface area contributed by atoms with Crippen molar-refractivity contribution in [3.63, 3.8) is 0 Å². The predicted octanol–water partition coefficient (Wildman–Crippen LogP) is 3.55. The number of rotatable bonds is 12. The third-order valence-electron chi connectivity index (χ3n) is 9.00. The molecule has 8 heteroatoms. The van der Waals surface area contributed by atoms with E-state index < -0.39 is 34.6 Å². The summed E-state index contributed by atoms with van der Waals surface area (Å²) < 4.78 is 6.92. The molecule has 3 aliphatic rings. The molecule has 40 heavy (non-hydrogen) atoms. The van der Waals surface area contributed by atoms with E-state index >= 15 is 0 Å². The van der Waals surface area contributed by atoms with Gasteiger partial charge in [0.15, 0.2) is 0 Å². The Morgan fingerprint density at radius 1 is 1.12 bits per heavy atom. The van der Waals surface area contributed by atoms with Gasteiger partial charge in [-0.25, -0.2) is 0 Å². The van der Waals surface area contributed by atoms with E-state index in [1.807, 2.05) is 58.0 Å². The van der Waals surface area contributed by atoms with Crippen LogP contribution in [-0.2, 0) is 25.7 Å². The number of likely N-dealkylation sites (tertiary alicyclic amines) is 1. The fourth-order valence-corrected chi connectivity index (χ4v) is 7.21. The van der Waals surface area contributed by atoms with Crippen LogP contribution in [0.4, 0.5) is 0 Å². The molecule has 1 N–H and O–H groups in total. The number of carbonyl (C=O) groups is 3. The van der Waals surface area contributed by atoms with E-state index in [0.29, 0.717) is 45.3 Å². The minimum absolute atomic E-state index is 0.107. The number of ether oxygens (including phenoxy) is 1. The molecule has 0 aromatic heterocycles. The number of hydrogen-bond donors (Lipinski definition) is 1. The minimum atomic E-state index is -1.10. The Morgan fingerprint density at radius 3 is 2.38 bits per heavy atom. The van der Waals surface area contributed by atoms with Crippen molar-refractivity contribution in [1.29, 1.82) is 0 Å². The van der Waals surface area contributed by atoms with E-state index in [1.165, 1.54) is 0 Å². The van der Waals surface area contributed by atoms with Gasteiger partial charge in [0.2, 0.25) is 17.7 Å². The molecule has 0 aliphatic carbocycles. The Balaban J connectivity index is 1.79. The molecule has 3 saturated heterocycles. The lowest BCUT2D eigenvalue weighted by atomic mass is 9.64. The Kier molecular flexibility index (Phi) is 8.62. The van der Waals surface area contributed by atoms with Gasteiger partial charge in [0.05, 0.1) is 17.4 Å². The lowest BCUT2D eigenvalue weighted by molar-refractivity contribution is -0.157. The van der Waals surface area contributed by atoms with Crippen LogP contribution in [0.2, 0.25) is 0 Å². The first-order valence-electron chi connectivity index (χ1n) is 14.5. The third-order valence-corrected chi connectivity index (χ3v) is 9.00. The molecule has 8 nitrogen and oxygen atoms in total. The number of hydrogen-bond acceptors (Lipinski definition) is 5. The van der Waals surface area contributed by atoms with Crippen LogP contribution in [0, 0.1) is 11.8 Å². The van der Waals surface area contributed by atoms with Gasteiger partial charge >= 0.3 is 0 Å². The van der Waals surface area contributed by atoms with Crippen molar-refractivity contribution < 1.29 is 24.2 Å². The molecule has 0 saturated carbocycles. The van der Waals surface area contributed by atoms with Crippen molar-refractivity contribution in [2.24, 2.45) is 11.8 Å². The van der Waals surface area contributed by atoms with Crippen LogP contribution in [0.1, 0.15) is 58.9 Å². The molecule has 0 radical (unpaired) electrons. The van der Waals surface area contributed by atoms with Gasteiger partial charge in [0.25, 0.3) is 0 Å².